The van der Waals surface area contributed by atoms with Crippen LogP contribution < -0.4 is 4.90 Å². The van der Waals surface area contributed by atoms with Crippen molar-refractivity contribution in [1.29, 1.82) is 0 Å². The molecule has 1 saturated carbocycles. The highest BCUT2D eigenvalue weighted by Gasteiger charge is 2.20. The van der Waals surface area contributed by atoms with Gasteiger partial charge in [0, 0.05) is 19.3 Å². The van der Waals surface area contributed by atoms with Crippen molar-refractivity contribution in [2.75, 3.05) is 37.8 Å². The monoisotopic (exact) mass is 276 g/mol. The zero-order chi connectivity index (χ0) is 13.8. The van der Waals surface area contributed by atoms with Gasteiger partial charge in [0.05, 0.1) is 25.4 Å². The van der Waals surface area contributed by atoms with Crippen LogP contribution in [0.4, 0.5) is 5.82 Å². The Labute approximate surface area is 118 Å². The van der Waals surface area contributed by atoms with Gasteiger partial charge in [-0.25, -0.2) is 9.78 Å². The molecule has 108 valence electrons. The van der Waals surface area contributed by atoms with Crippen molar-refractivity contribution in [3.8, 4) is 0 Å². The van der Waals surface area contributed by atoms with Gasteiger partial charge in [0.1, 0.15) is 5.82 Å². The fourth-order valence-electron chi connectivity index (χ4n) is 2.42. The predicted molar refractivity (Wildman–Crippen MR) is 74.9 cm³/mol. The Kier molecular flexibility index (Phi) is 4.16. The van der Waals surface area contributed by atoms with Crippen LogP contribution in [0.15, 0.2) is 18.3 Å². The molecule has 20 heavy (non-hydrogen) atoms. The molecule has 0 atom stereocenters. The van der Waals surface area contributed by atoms with Gasteiger partial charge in [-0.05, 0) is 30.9 Å². The molecule has 0 spiro atoms. The standard InChI is InChI=1S/C15H20N2O3/c18-15(20-11-12-2-1-3-12)13-4-5-14(16-10-13)17-6-8-19-9-7-17/h4-5,10,12H,1-3,6-9,11H2. The van der Waals surface area contributed by atoms with Crippen molar-refractivity contribution in [3.05, 3.63) is 23.9 Å². The summed E-state index contributed by atoms with van der Waals surface area (Å²) in [6, 6.07) is 3.67. The number of esters is 1. The Morgan fingerprint density at radius 3 is 2.75 bits per heavy atom. The number of nitrogens with zero attached hydrogens (tertiary/aromatic N) is 2. The SMILES string of the molecule is O=C(OCC1CCC1)c1ccc(N2CCOCC2)nc1. The van der Waals surface area contributed by atoms with Gasteiger partial charge in [0.25, 0.3) is 0 Å². The van der Waals surface area contributed by atoms with Gasteiger partial charge in [-0.1, -0.05) is 6.42 Å². The zero-order valence-corrected chi connectivity index (χ0v) is 11.6. The highest BCUT2D eigenvalue weighted by Crippen LogP contribution is 2.26. The van der Waals surface area contributed by atoms with Gasteiger partial charge in [-0.3, -0.25) is 0 Å². The van der Waals surface area contributed by atoms with Crippen molar-refractivity contribution in [3.63, 3.8) is 0 Å². The number of carbonyl (C=O) groups is 1. The molecule has 0 radical (unpaired) electrons. The van der Waals surface area contributed by atoms with Crippen molar-refractivity contribution in [2.24, 2.45) is 5.92 Å². The third-order valence-corrected chi connectivity index (χ3v) is 3.99. The summed E-state index contributed by atoms with van der Waals surface area (Å²) < 4.78 is 10.6. The number of anilines is 1. The van der Waals surface area contributed by atoms with E-state index in [1.807, 2.05) is 6.07 Å². The van der Waals surface area contributed by atoms with Gasteiger partial charge < -0.3 is 14.4 Å². The van der Waals surface area contributed by atoms with Crippen LogP contribution in [0, 0.1) is 5.92 Å². The highest BCUT2D eigenvalue weighted by atomic mass is 16.5. The first-order valence-corrected chi connectivity index (χ1v) is 7.29. The fourth-order valence-corrected chi connectivity index (χ4v) is 2.42. The predicted octanol–water partition coefficient (Wildman–Crippen LogP) is 1.88. The molecular formula is C15H20N2O3. The molecule has 0 N–H and O–H groups in total. The quantitative estimate of drug-likeness (QED) is 0.786. The largest absolute Gasteiger partial charge is 0.462 e. The molecule has 1 aromatic heterocycles. The number of rotatable bonds is 4. The lowest BCUT2D eigenvalue weighted by atomic mass is 9.86. The average molecular weight is 276 g/mol. The molecule has 2 aliphatic rings. The maximum absolute atomic E-state index is 11.9. The molecule has 2 heterocycles. The van der Waals surface area contributed by atoms with Crippen molar-refractivity contribution >= 4 is 11.8 Å². The van der Waals surface area contributed by atoms with E-state index in [1.54, 1.807) is 12.3 Å². The van der Waals surface area contributed by atoms with E-state index in [4.69, 9.17) is 9.47 Å². The van der Waals surface area contributed by atoms with Gasteiger partial charge in [-0.2, -0.15) is 0 Å². The Bertz CT molecular complexity index is 451. The molecule has 0 amide bonds. The summed E-state index contributed by atoms with van der Waals surface area (Å²) in [5.41, 5.74) is 0.529. The van der Waals surface area contributed by atoms with E-state index in [1.165, 1.54) is 19.3 Å². The smallest absolute Gasteiger partial charge is 0.339 e. The lowest BCUT2D eigenvalue weighted by Crippen LogP contribution is -2.36. The molecule has 5 heteroatoms. The van der Waals surface area contributed by atoms with E-state index in [0.29, 0.717) is 18.1 Å². The molecule has 2 fully saturated rings. The second-order valence-corrected chi connectivity index (χ2v) is 5.40. The van der Waals surface area contributed by atoms with E-state index in [0.717, 1.165) is 32.1 Å². The lowest BCUT2D eigenvalue weighted by molar-refractivity contribution is 0.0371. The molecule has 1 aliphatic heterocycles. The molecule has 1 aliphatic carbocycles. The molecule has 5 nitrogen and oxygen atoms in total. The highest BCUT2D eigenvalue weighted by molar-refractivity contribution is 5.89. The number of morpholine rings is 1. The summed E-state index contributed by atoms with van der Waals surface area (Å²) in [4.78, 5) is 18.4. The minimum absolute atomic E-state index is 0.266. The molecule has 3 rings (SSSR count). The summed E-state index contributed by atoms with van der Waals surface area (Å²) in [7, 11) is 0. The van der Waals surface area contributed by atoms with Crippen LogP contribution in [0.2, 0.25) is 0 Å². The first-order valence-electron chi connectivity index (χ1n) is 7.29. The maximum Gasteiger partial charge on any atom is 0.339 e. The number of carbonyl (C=O) groups excluding carboxylic acids is 1. The summed E-state index contributed by atoms with van der Waals surface area (Å²) in [5.74, 6) is 1.20. The Morgan fingerprint density at radius 1 is 1.35 bits per heavy atom. The van der Waals surface area contributed by atoms with Crippen LogP contribution in [-0.2, 0) is 9.47 Å². The third-order valence-electron chi connectivity index (χ3n) is 3.99. The third kappa shape index (κ3) is 3.10. The lowest BCUT2D eigenvalue weighted by Gasteiger charge is -2.27. The normalized spacial score (nSPS) is 19.5. The number of ether oxygens (including phenoxy) is 2. The second-order valence-electron chi connectivity index (χ2n) is 5.40. The van der Waals surface area contributed by atoms with E-state index < -0.39 is 0 Å². The Balaban J connectivity index is 1.55. The van der Waals surface area contributed by atoms with Gasteiger partial charge >= 0.3 is 5.97 Å². The van der Waals surface area contributed by atoms with Crippen molar-refractivity contribution in [1.82, 2.24) is 4.98 Å². The number of aromatic nitrogens is 1. The van der Waals surface area contributed by atoms with Crippen LogP contribution in [0.5, 0.6) is 0 Å². The number of pyridine rings is 1. The van der Waals surface area contributed by atoms with Crippen LogP contribution >= 0.6 is 0 Å². The Morgan fingerprint density at radius 2 is 2.15 bits per heavy atom. The topological polar surface area (TPSA) is 51.7 Å². The van der Waals surface area contributed by atoms with E-state index in [9.17, 15) is 4.79 Å². The van der Waals surface area contributed by atoms with Crippen molar-refractivity contribution in [2.45, 2.75) is 19.3 Å². The average Bonchev–Trinajstić information content (AvgIpc) is 2.46. The van der Waals surface area contributed by atoms with E-state index >= 15 is 0 Å². The maximum atomic E-state index is 11.9. The molecule has 1 aromatic rings. The van der Waals surface area contributed by atoms with Gasteiger partial charge in [0.15, 0.2) is 0 Å². The van der Waals surface area contributed by atoms with Crippen LogP contribution in [-0.4, -0.2) is 43.9 Å². The van der Waals surface area contributed by atoms with E-state index in [-0.39, 0.29) is 5.97 Å². The first-order chi connectivity index (χ1) is 9.83. The van der Waals surface area contributed by atoms with E-state index in [2.05, 4.69) is 9.88 Å². The summed E-state index contributed by atoms with van der Waals surface area (Å²) in [6.45, 7) is 3.70. The Hall–Kier alpha value is -1.62. The minimum Gasteiger partial charge on any atom is -0.462 e. The van der Waals surface area contributed by atoms with Gasteiger partial charge in [-0.15, -0.1) is 0 Å². The van der Waals surface area contributed by atoms with Crippen LogP contribution in [0.3, 0.4) is 0 Å². The summed E-state index contributed by atoms with van der Waals surface area (Å²) >= 11 is 0. The molecule has 1 saturated heterocycles. The summed E-state index contributed by atoms with van der Waals surface area (Å²) in [5, 5.41) is 0. The van der Waals surface area contributed by atoms with Gasteiger partial charge in [0.2, 0.25) is 0 Å². The molecular weight excluding hydrogens is 256 g/mol. The molecule has 0 bridgehead atoms. The first kappa shape index (κ1) is 13.4. The van der Waals surface area contributed by atoms with Crippen LogP contribution in [0.1, 0.15) is 29.6 Å². The zero-order valence-electron chi connectivity index (χ0n) is 11.6. The molecule has 0 unspecified atom stereocenters. The molecule has 0 aromatic carbocycles. The minimum atomic E-state index is -0.266. The number of hydrogen-bond acceptors (Lipinski definition) is 5. The second kappa shape index (κ2) is 6.22. The van der Waals surface area contributed by atoms with Crippen LogP contribution in [0.25, 0.3) is 0 Å². The fraction of sp³-hybridized carbons (Fsp3) is 0.600. The van der Waals surface area contributed by atoms with Crippen molar-refractivity contribution < 1.29 is 14.3 Å². The summed E-state index contributed by atoms with van der Waals surface area (Å²) in [6.07, 6.45) is 5.23. The number of hydrogen-bond donors (Lipinski definition) is 0.